The predicted octanol–water partition coefficient (Wildman–Crippen LogP) is 4.35. The fraction of sp³-hybridized carbons (Fsp3) is 0.381. The number of nitrogens with one attached hydrogen (secondary N) is 3. The third-order valence-electron chi connectivity index (χ3n) is 4.06. The van der Waals surface area contributed by atoms with E-state index >= 15 is 0 Å². The Labute approximate surface area is 184 Å². The highest BCUT2D eigenvalue weighted by Crippen LogP contribution is 2.32. The van der Waals surface area contributed by atoms with Gasteiger partial charge in [-0.3, -0.25) is 4.99 Å². The number of para-hydroxylation sites is 1. The van der Waals surface area contributed by atoms with Crippen LogP contribution in [0.15, 0.2) is 53.5 Å². The smallest absolute Gasteiger partial charge is 0.195 e. The molecule has 3 rings (SSSR count). The second-order valence-corrected chi connectivity index (χ2v) is 6.24. The lowest BCUT2D eigenvalue weighted by Crippen LogP contribution is -2.30. The normalized spacial score (nSPS) is 13.1. The molecule has 0 aliphatic carbocycles. The van der Waals surface area contributed by atoms with Crippen molar-refractivity contribution in [3.05, 3.63) is 48.5 Å². The molecule has 0 fully saturated rings. The summed E-state index contributed by atoms with van der Waals surface area (Å²) in [6.45, 7) is 5.86. The number of rotatable bonds is 7. The van der Waals surface area contributed by atoms with Crippen LogP contribution in [0.2, 0.25) is 0 Å². The van der Waals surface area contributed by atoms with Crippen LogP contribution in [0.5, 0.6) is 11.5 Å². The highest BCUT2D eigenvalue weighted by atomic mass is 127. The Morgan fingerprint density at radius 1 is 1.00 bits per heavy atom. The summed E-state index contributed by atoms with van der Waals surface area (Å²) in [5.41, 5.74) is 2.07. The van der Waals surface area contributed by atoms with E-state index in [9.17, 15) is 0 Å². The summed E-state index contributed by atoms with van der Waals surface area (Å²) in [7, 11) is 0. The molecule has 6 nitrogen and oxygen atoms in total. The first-order valence-corrected chi connectivity index (χ1v) is 9.59. The van der Waals surface area contributed by atoms with Gasteiger partial charge in [-0.05, 0) is 37.6 Å². The third-order valence-corrected chi connectivity index (χ3v) is 4.06. The van der Waals surface area contributed by atoms with Crippen molar-refractivity contribution in [1.29, 1.82) is 0 Å². The number of ether oxygens (including phenoxy) is 2. The van der Waals surface area contributed by atoms with Gasteiger partial charge in [0.2, 0.25) is 0 Å². The molecule has 0 bridgehead atoms. The topological polar surface area (TPSA) is 66.9 Å². The van der Waals surface area contributed by atoms with Crippen LogP contribution in [0.3, 0.4) is 0 Å². The van der Waals surface area contributed by atoms with Gasteiger partial charge in [0.05, 0.1) is 13.2 Å². The zero-order chi connectivity index (χ0) is 18.7. The molecule has 0 saturated carbocycles. The number of nitrogens with zero attached hydrogens (tertiary/aromatic N) is 1. The standard InChI is InChI=1S/C21H28N4O2.HI/c1-2-22-21(24-13-6-12-23-17-8-4-3-5-9-17)25-18-10-11-19-20(16-18)27-15-7-14-26-19;/h3-5,8-11,16,23H,2,6-7,12-15H2,1H3,(H2,22,24,25);1H. The van der Waals surface area contributed by atoms with Crippen LogP contribution in [0.4, 0.5) is 11.4 Å². The fourth-order valence-electron chi connectivity index (χ4n) is 2.74. The Hall–Kier alpha value is -2.16. The van der Waals surface area contributed by atoms with Gasteiger partial charge < -0.3 is 25.4 Å². The monoisotopic (exact) mass is 496 g/mol. The van der Waals surface area contributed by atoms with Crippen molar-refractivity contribution in [3.8, 4) is 11.5 Å². The first-order chi connectivity index (χ1) is 13.3. The Bertz CT molecular complexity index is 740. The van der Waals surface area contributed by atoms with Gasteiger partial charge in [-0.25, -0.2) is 0 Å². The van der Waals surface area contributed by atoms with E-state index < -0.39 is 0 Å². The molecule has 2 aromatic carbocycles. The Kier molecular flexibility index (Phi) is 9.74. The van der Waals surface area contributed by atoms with Gasteiger partial charge in [0, 0.05) is 43.5 Å². The average Bonchev–Trinajstić information content (AvgIpc) is 2.93. The first kappa shape index (κ1) is 22.1. The van der Waals surface area contributed by atoms with Gasteiger partial charge in [-0.2, -0.15) is 0 Å². The Balaban J connectivity index is 0.00000280. The number of guanidine groups is 1. The van der Waals surface area contributed by atoms with E-state index in [4.69, 9.17) is 9.47 Å². The number of benzene rings is 2. The summed E-state index contributed by atoms with van der Waals surface area (Å²) in [5.74, 6) is 2.35. The second-order valence-electron chi connectivity index (χ2n) is 6.24. The molecule has 0 spiro atoms. The molecule has 3 N–H and O–H groups in total. The van der Waals surface area contributed by atoms with E-state index in [1.165, 1.54) is 0 Å². The van der Waals surface area contributed by atoms with E-state index in [-0.39, 0.29) is 24.0 Å². The largest absolute Gasteiger partial charge is 0.490 e. The summed E-state index contributed by atoms with van der Waals surface area (Å²) in [4.78, 5) is 4.65. The van der Waals surface area contributed by atoms with E-state index in [1.54, 1.807) is 0 Å². The van der Waals surface area contributed by atoms with Gasteiger partial charge in [-0.1, -0.05) is 18.2 Å². The molecule has 0 atom stereocenters. The van der Waals surface area contributed by atoms with E-state index in [2.05, 4.69) is 40.0 Å². The van der Waals surface area contributed by atoms with Crippen LogP contribution >= 0.6 is 24.0 Å². The number of anilines is 2. The highest BCUT2D eigenvalue weighted by molar-refractivity contribution is 14.0. The lowest BCUT2D eigenvalue weighted by atomic mass is 10.2. The van der Waals surface area contributed by atoms with Crippen molar-refractivity contribution in [2.24, 2.45) is 4.99 Å². The van der Waals surface area contributed by atoms with Crippen LogP contribution in [0.25, 0.3) is 0 Å². The van der Waals surface area contributed by atoms with Crippen molar-refractivity contribution in [1.82, 2.24) is 5.32 Å². The molecule has 1 aliphatic heterocycles. The summed E-state index contributed by atoms with van der Waals surface area (Å²) < 4.78 is 11.4. The van der Waals surface area contributed by atoms with Gasteiger partial charge in [0.1, 0.15) is 0 Å². The zero-order valence-corrected chi connectivity index (χ0v) is 18.6. The quantitative estimate of drug-likeness (QED) is 0.230. The Morgan fingerprint density at radius 3 is 2.57 bits per heavy atom. The van der Waals surface area contributed by atoms with Crippen LogP contribution in [-0.2, 0) is 0 Å². The van der Waals surface area contributed by atoms with E-state index in [1.807, 2.05) is 36.4 Å². The van der Waals surface area contributed by atoms with Crippen LogP contribution in [-0.4, -0.2) is 38.8 Å². The van der Waals surface area contributed by atoms with Crippen molar-refractivity contribution < 1.29 is 9.47 Å². The molecule has 0 saturated heterocycles. The molecule has 0 aromatic heterocycles. The molecule has 1 aliphatic rings. The molecule has 1 heterocycles. The Morgan fingerprint density at radius 2 is 1.79 bits per heavy atom. The van der Waals surface area contributed by atoms with Gasteiger partial charge in [0.25, 0.3) is 0 Å². The third kappa shape index (κ3) is 7.10. The van der Waals surface area contributed by atoms with Gasteiger partial charge in [0.15, 0.2) is 17.5 Å². The van der Waals surface area contributed by atoms with E-state index in [0.717, 1.165) is 61.3 Å². The predicted molar refractivity (Wildman–Crippen MR) is 127 cm³/mol. The van der Waals surface area contributed by atoms with Crippen molar-refractivity contribution in [2.45, 2.75) is 19.8 Å². The lowest BCUT2D eigenvalue weighted by molar-refractivity contribution is 0.297. The molecule has 152 valence electrons. The van der Waals surface area contributed by atoms with Crippen molar-refractivity contribution in [2.75, 3.05) is 43.5 Å². The minimum absolute atomic E-state index is 0. The first-order valence-electron chi connectivity index (χ1n) is 9.59. The van der Waals surface area contributed by atoms with Crippen molar-refractivity contribution in [3.63, 3.8) is 0 Å². The van der Waals surface area contributed by atoms with Crippen LogP contribution in [0.1, 0.15) is 19.8 Å². The maximum atomic E-state index is 5.75. The van der Waals surface area contributed by atoms with Crippen molar-refractivity contribution >= 4 is 41.3 Å². The molecule has 0 unspecified atom stereocenters. The minimum atomic E-state index is 0. The molecule has 0 amide bonds. The molecule has 0 radical (unpaired) electrons. The van der Waals surface area contributed by atoms with Crippen LogP contribution < -0.4 is 25.4 Å². The zero-order valence-electron chi connectivity index (χ0n) is 16.2. The van der Waals surface area contributed by atoms with E-state index in [0.29, 0.717) is 13.2 Å². The molecular weight excluding hydrogens is 467 g/mol. The summed E-state index contributed by atoms with van der Waals surface area (Å²) in [5, 5.41) is 10.0. The minimum Gasteiger partial charge on any atom is -0.490 e. The van der Waals surface area contributed by atoms with Gasteiger partial charge in [-0.15, -0.1) is 24.0 Å². The highest BCUT2D eigenvalue weighted by Gasteiger charge is 2.11. The molecule has 28 heavy (non-hydrogen) atoms. The number of halogens is 1. The van der Waals surface area contributed by atoms with Crippen LogP contribution in [0, 0.1) is 0 Å². The number of hydrogen-bond acceptors (Lipinski definition) is 4. The second kappa shape index (κ2) is 12.3. The summed E-state index contributed by atoms with van der Waals surface area (Å²) >= 11 is 0. The maximum absolute atomic E-state index is 5.75. The average molecular weight is 496 g/mol. The fourth-order valence-corrected chi connectivity index (χ4v) is 2.74. The number of hydrogen-bond donors (Lipinski definition) is 3. The maximum Gasteiger partial charge on any atom is 0.195 e. The lowest BCUT2D eigenvalue weighted by Gasteiger charge is -2.14. The molecular formula is C21H29IN4O2. The van der Waals surface area contributed by atoms with Gasteiger partial charge >= 0.3 is 0 Å². The summed E-state index contributed by atoms with van der Waals surface area (Å²) in [6.07, 6.45) is 1.85. The molecule has 2 aromatic rings. The summed E-state index contributed by atoms with van der Waals surface area (Å²) in [6, 6.07) is 16.1. The SMILES string of the molecule is CCNC(=NCCCNc1ccccc1)Nc1ccc2c(c1)OCCCO2.I. The molecule has 7 heteroatoms. The number of aliphatic imine (C=N–C) groups is 1. The number of fused-ring (bicyclic) bond motifs is 1.